The van der Waals surface area contributed by atoms with Gasteiger partial charge in [0.2, 0.25) is 0 Å². The number of benzene rings is 6. The van der Waals surface area contributed by atoms with E-state index in [9.17, 15) is 0 Å². The summed E-state index contributed by atoms with van der Waals surface area (Å²) in [6.45, 7) is 0. The molecule has 41 heavy (non-hydrogen) atoms. The summed E-state index contributed by atoms with van der Waals surface area (Å²) in [5.41, 5.74) is 10.3. The second-order valence-electron chi connectivity index (χ2n) is 10.2. The van der Waals surface area contributed by atoms with Crippen LogP contribution in [0, 0.1) is 0 Å². The van der Waals surface area contributed by atoms with E-state index in [-0.39, 0.29) is 0 Å². The van der Waals surface area contributed by atoms with Crippen LogP contribution in [0.5, 0.6) is 0 Å². The van der Waals surface area contributed by atoms with Crippen molar-refractivity contribution in [2.75, 3.05) is 0 Å². The van der Waals surface area contributed by atoms with Gasteiger partial charge in [-0.05, 0) is 41.0 Å². The second kappa shape index (κ2) is 9.81. The lowest BCUT2D eigenvalue weighted by atomic mass is 9.97. The van der Waals surface area contributed by atoms with Gasteiger partial charge < -0.3 is 0 Å². The molecule has 0 spiro atoms. The highest BCUT2D eigenvalue weighted by Gasteiger charge is 2.16. The van der Waals surface area contributed by atoms with Crippen molar-refractivity contribution < 1.29 is 0 Å². The van der Waals surface area contributed by atoms with Crippen LogP contribution in [0.1, 0.15) is 0 Å². The first kappa shape index (κ1) is 23.7. The van der Waals surface area contributed by atoms with E-state index in [1.807, 2.05) is 35.6 Å². The molecule has 8 rings (SSSR count). The van der Waals surface area contributed by atoms with E-state index >= 15 is 0 Å². The summed E-state index contributed by atoms with van der Waals surface area (Å²) < 4.78 is 2.64. The smallest absolute Gasteiger partial charge is 0.0973 e. The van der Waals surface area contributed by atoms with Gasteiger partial charge in [-0.2, -0.15) is 0 Å². The summed E-state index contributed by atoms with van der Waals surface area (Å²) in [7, 11) is 0. The third kappa shape index (κ3) is 4.19. The number of nitrogens with zero attached hydrogens (tertiary/aromatic N) is 2. The van der Waals surface area contributed by atoms with Gasteiger partial charge in [-0.3, -0.25) is 0 Å². The van der Waals surface area contributed by atoms with E-state index in [1.54, 1.807) is 0 Å². The first-order chi connectivity index (χ1) is 20.3. The molecule has 0 amide bonds. The maximum absolute atomic E-state index is 5.30. The van der Waals surface area contributed by atoms with Gasteiger partial charge in [0, 0.05) is 36.9 Å². The van der Waals surface area contributed by atoms with Gasteiger partial charge in [-0.15, -0.1) is 11.3 Å². The fraction of sp³-hybridized carbons (Fsp3) is 0. The molecule has 0 atom stereocenters. The maximum atomic E-state index is 5.30. The van der Waals surface area contributed by atoms with Gasteiger partial charge in [0.1, 0.15) is 0 Å². The van der Waals surface area contributed by atoms with Crippen molar-refractivity contribution in [1.29, 1.82) is 0 Å². The molecule has 0 radical (unpaired) electrons. The van der Waals surface area contributed by atoms with Crippen LogP contribution in [-0.2, 0) is 0 Å². The molecule has 0 bridgehead atoms. The molecule has 2 nitrogen and oxygen atoms in total. The molecule has 8 aromatic rings. The third-order valence-electron chi connectivity index (χ3n) is 7.68. The zero-order chi connectivity index (χ0) is 27.2. The van der Waals surface area contributed by atoms with Crippen LogP contribution in [0.4, 0.5) is 0 Å². The van der Waals surface area contributed by atoms with Gasteiger partial charge in [-0.1, -0.05) is 121 Å². The molecular weight excluding hydrogens is 516 g/mol. The van der Waals surface area contributed by atoms with Gasteiger partial charge in [-0.25, -0.2) is 9.97 Å². The normalized spacial score (nSPS) is 11.4. The fourth-order valence-corrected chi connectivity index (χ4v) is 6.82. The van der Waals surface area contributed by atoms with Gasteiger partial charge in [0.25, 0.3) is 0 Å². The summed E-state index contributed by atoms with van der Waals surface area (Å²) >= 11 is 1.85. The van der Waals surface area contributed by atoms with Crippen LogP contribution in [-0.4, -0.2) is 9.97 Å². The molecule has 6 aromatic carbocycles. The molecular formula is C38H24N2S. The molecule has 0 aliphatic carbocycles. The van der Waals surface area contributed by atoms with Crippen molar-refractivity contribution in [3.63, 3.8) is 0 Å². The first-order valence-electron chi connectivity index (χ1n) is 13.8. The Bertz CT molecular complexity index is 2200. The maximum Gasteiger partial charge on any atom is 0.0973 e. The summed E-state index contributed by atoms with van der Waals surface area (Å²) in [4.78, 5) is 10.5. The van der Waals surface area contributed by atoms with E-state index in [2.05, 4.69) is 121 Å². The number of aromatic nitrogens is 2. The standard InChI is InChI=1S/C38H24N2S/c1-3-11-25(12-4-1)36-37(26-13-5-2-6-14-26)40-38-30(18-10-19-33(38)39-36)29-16-9-15-27(23-29)28-21-22-32-31-17-7-8-20-34(31)41-35(32)24-28/h1-24H. The van der Waals surface area contributed by atoms with E-state index < -0.39 is 0 Å². The Hall–Kier alpha value is -5.12. The minimum absolute atomic E-state index is 0.887. The highest BCUT2D eigenvalue weighted by molar-refractivity contribution is 7.25. The Morgan fingerprint density at radius 3 is 1.80 bits per heavy atom. The Morgan fingerprint density at radius 1 is 0.390 bits per heavy atom. The van der Waals surface area contributed by atoms with E-state index in [0.717, 1.165) is 44.7 Å². The Balaban J connectivity index is 1.29. The Morgan fingerprint density at radius 2 is 1.00 bits per heavy atom. The zero-order valence-corrected chi connectivity index (χ0v) is 23.0. The lowest BCUT2D eigenvalue weighted by Gasteiger charge is -2.13. The van der Waals surface area contributed by atoms with Gasteiger partial charge in [0.05, 0.1) is 22.4 Å². The average molecular weight is 541 g/mol. The minimum Gasteiger partial charge on any atom is -0.244 e. The quantitative estimate of drug-likeness (QED) is 0.222. The highest BCUT2D eigenvalue weighted by Crippen LogP contribution is 2.38. The highest BCUT2D eigenvalue weighted by atomic mass is 32.1. The molecule has 0 saturated heterocycles. The molecule has 0 N–H and O–H groups in total. The van der Waals surface area contributed by atoms with Crippen LogP contribution in [0.3, 0.4) is 0 Å². The zero-order valence-electron chi connectivity index (χ0n) is 22.2. The van der Waals surface area contributed by atoms with Crippen molar-refractivity contribution in [2.45, 2.75) is 0 Å². The van der Waals surface area contributed by atoms with E-state index in [1.165, 1.54) is 31.3 Å². The fourth-order valence-electron chi connectivity index (χ4n) is 5.68. The van der Waals surface area contributed by atoms with E-state index in [4.69, 9.17) is 9.97 Å². The van der Waals surface area contributed by atoms with Crippen molar-refractivity contribution >= 4 is 42.5 Å². The molecule has 0 unspecified atom stereocenters. The second-order valence-corrected chi connectivity index (χ2v) is 11.3. The van der Waals surface area contributed by atoms with Gasteiger partial charge >= 0.3 is 0 Å². The van der Waals surface area contributed by atoms with Crippen LogP contribution < -0.4 is 0 Å². The Kier molecular flexibility index (Phi) is 5.68. The van der Waals surface area contributed by atoms with Crippen LogP contribution in [0.2, 0.25) is 0 Å². The van der Waals surface area contributed by atoms with Crippen molar-refractivity contribution in [3.8, 4) is 44.8 Å². The predicted molar refractivity (Wildman–Crippen MR) is 174 cm³/mol. The molecule has 2 heterocycles. The monoisotopic (exact) mass is 540 g/mol. The molecule has 0 aliphatic rings. The summed E-state index contributed by atoms with van der Waals surface area (Å²) in [5, 5.41) is 2.64. The molecule has 3 heteroatoms. The van der Waals surface area contributed by atoms with Crippen LogP contribution in [0.15, 0.2) is 146 Å². The lowest BCUT2D eigenvalue weighted by Crippen LogP contribution is -1.97. The third-order valence-corrected chi connectivity index (χ3v) is 8.81. The van der Waals surface area contributed by atoms with Crippen molar-refractivity contribution in [2.24, 2.45) is 0 Å². The minimum atomic E-state index is 0.887. The number of hydrogen-bond donors (Lipinski definition) is 0. The van der Waals surface area contributed by atoms with Crippen LogP contribution >= 0.6 is 11.3 Å². The lowest BCUT2D eigenvalue weighted by molar-refractivity contribution is 1.29. The topological polar surface area (TPSA) is 25.8 Å². The molecule has 0 aliphatic heterocycles. The summed E-state index contributed by atoms with van der Waals surface area (Å²) in [6.07, 6.45) is 0. The summed E-state index contributed by atoms with van der Waals surface area (Å²) in [6, 6.07) is 51.2. The number of hydrogen-bond acceptors (Lipinski definition) is 3. The number of rotatable bonds is 4. The Labute approximate surface area is 242 Å². The number of fused-ring (bicyclic) bond motifs is 4. The van der Waals surface area contributed by atoms with Crippen molar-refractivity contribution in [3.05, 3.63) is 146 Å². The van der Waals surface area contributed by atoms with E-state index in [0.29, 0.717) is 0 Å². The molecule has 2 aromatic heterocycles. The molecule has 192 valence electrons. The average Bonchev–Trinajstić information content (AvgIpc) is 3.43. The van der Waals surface area contributed by atoms with Crippen molar-refractivity contribution in [1.82, 2.24) is 9.97 Å². The predicted octanol–water partition coefficient (Wildman–Crippen LogP) is 10.7. The largest absolute Gasteiger partial charge is 0.244 e. The van der Waals surface area contributed by atoms with Crippen LogP contribution in [0.25, 0.3) is 76.0 Å². The summed E-state index contributed by atoms with van der Waals surface area (Å²) in [5.74, 6) is 0. The number of para-hydroxylation sites is 1. The van der Waals surface area contributed by atoms with Gasteiger partial charge in [0.15, 0.2) is 0 Å². The molecule has 0 saturated carbocycles. The first-order valence-corrected chi connectivity index (χ1v) is 14.6. The molecule has 0 fully saturated rings. The SMILES string of the molecule is c1ccc(-c2nc3cccc(-c4cccc(-c5ccc6c(c5)sc5ccccc56)c4)c3nc2-c2ccccc2)cc1. The number of thiophene rings is 1.